The third kappa shape index (κ3) is 3.93. The Bertz CT molecular complexity index is 800. The van der Waals surface area contributed by atoms with Gasteiger partial charge in [-0.2, -0.15) is 5.10 Å². The molecule has 0 aliphatic heterocycles. The number of carbonyl (C=O) groups excluding carboxylic acids is 1. The number of hydrogen-bond donors (Lipinski definition) is 2. The highest BCUT2D eigenvalue weighted by Gasteiger charge is 2.08. The highest BCUT2D eigenvalue weighted by atomic mass is 32.1. The topological polar surface area (TPSA) is 97.6 Å². The first kappa shape index (κ1) is 16.1. The van der Waals surface area contributed by atoms with Gasteiger partial charge in [0.2, 0.25) is 0 Å². The Hall–Kier alpha value is -2.81. The van der Waals surface area contributed by atoms with Gasteiger partial charge in [-0.25, -0.2) is 24.4 Å². The van der Waals surface area contributed by atoms with Crippen molar-refractivity contribution in [1.82, 2.24) is 35.4 Å². The molecule has 0 aliphatic rings. The molecule has 3 aromatic rings. The number of hydrogen-bond acceptors (Lipinski definition) is 6. The van der Waals surface area contributed by atoms with Gasteiger partial charge in [0.1, 0.15) is 12.7 Å². The van der Waals surface area contributed by atoms with Crippen LogP contribution >= 0.6 is 11.3 Å². The maximum Gasteiger partial charge on any atom is 0.315 e. The first-order valence-electron chi connectivity index (χ1n) is 7.50. The van der Waals surface area contributed by atoms with Crippen LogP contribution in [-0.2, 0) is 19.5 Å². The fraction of sp³-hybridized carbons (Fsp3) is 0.267. The lowest BCUT2D eigenvalue weighted by atomic mass is 10.2. The van der Waals surface area contributed by atoms with E-state index in [-0.39, 0.29) is 6.03 Å². The van der Waals surface area contributed by atoms with Crippen molar-refractivity contribution in [3.63, 3.8) is 0 Å². The van der Waals surface area contributed by atoms with Gasteiger partial charge in [0.25, 0.3) is 0 Å². The molecule has 3 heterocycles. The second-order valence-corrected chi connectivity index (χ2v) is 5.89. The summed E-state index contributed by atoms with van der Waals surface area (Å²) in [6, 6.07) is 3.45. The second kappa shape index (κ2) is 7.64. The minimum absolute atomic E-state index is 0.255. The van der Waals surface area contributed by atoms with Gasteiger partial charge in [-0.15, -0.1) is 11.3 Å². The molecule has 0 saturated carbocycles. The maximum atomic E-state index is 12.0. The van der Waals surface area contributed by atoms with Crippen LogP contribution in [0.3, 0.4) is 0 Å². The van der Waals surface area contributed by atoms with Gasteiger partial charge in [0.05, 0.1) is 17.2 Å². The first-order chi connectivity index (χ1) is 11.8. The van der Waals surface area contributed by atoms with Gasteiger partial charge < -0.3 is 10.6 Å². The number of aryl methyl sites for hydroxylation is 1. The van der Waals surface area contributed by atoms with E-state index < -0.39 is 0 Å². The van der Waals surface area contributed by atoms with Crippen LogP contribution in [-0.4, -0.2) is 30.8 Å². The van der Waals surface area contributed by atoms with Crippen molar-refractivity contribution in [2.75, 3.05) is 0 Å². The number of amides is 2. The zero-order valence-corrected chi connectivity index (χ0v) is 14.0. The SMILES string of the molecule is CCc1nc(CNC(=O)NCc2cccnc2-n2cncn2)cs1. The van der Waals surface area contributed by atoms with E-state index in [4.69, 9.17) is 0 Å². The molecule has 0 spiro atoms. The standard InChI is InChI=1S/C15H17N7OS/c1-2-13-21-12(8-24-13)7-19-15(23)18-6-11-4-3-5-17-14(11)22-10-16-9-20-22/h3-5,8-10H,2,6-7H2,1H3,(H2,18,19,23). The molecule has 3 aromatic heterocycles. The molecular weight excluding hydrogens is 326 g/mol. The molecule has 0 unspecified atom stereocenters. The average molecular weight is 343 g/mol. The normalized spacial score (nSPS) is 10.5. The van der Waals surface area contributed by atoms with Crippen molar-refractivity contribution in [3.8, 4) is 5.82 Å². The molecule has 8 nitrogen and oxygen atoms in total. The predicted octanol–water partition coefficient (Wildman–Crippen LogP) is 1.68. The molecule has 0 fully saturated rings. The largest absolute Gasteiger partial charge is 0.334 e. The summed E-state index contributed by atoms with van der Waals surface area (Å²) in [6.45, 7) is 2.81. The summed E-state index contributed by atoms with van der Waals surface area (Å²) in [5.41, 5.74) is 1.72. The lowest BCUT2D eigenvalue weighted by Gasteiger charge is -2.10. The van der Waals surface area contributed by atoms with Gasteiger partial charge in [-0.1, -0.05) is 13.0 Å². The zero-order chi connectivity index (χ0) is 16.8. The summed E-state index contributed by atoms with van der Waals surface area (Å²) in [5.74, 6) is 0.641. The molecule has 0 aromatic carbocycles. The van der Waals surface area contributed by atoms with E-state index in [1.807, 2.05) is 17.5 Å². The van der Waals surface area contributed by atoms with E-state index in [1.54, 1.807) is 28.5 Å². The Balaban J connectivity index is 1.55. The summed E-state index contributed by atoms with van der Waals surface area (Å²) in [7, 11) is 0. The quantitative estimate of drug-likeness (QED) is 0.710. The Kier molecular flexibility index (Phi) is 5.12. The molecule has 2 N–H and O–H groups in total. The molecule has 9 heteroatoms. The minimum atomic E-state index is -0.255. The van der Waals surface area contributed by atoms with Crippen molar-refractivity contribution in [2.45, 2.75) is 26.4 Å². The number of nitrogens with zero attached hydrogens (tertiary/aromatic N) is 5. The smallest absolute Gasteiger partial charge is 0.315 e. The van der Waals surface area contributed by atoms with E-state index in [2.05, 4.69) is 37.6 Å². The maximum absolute atomic E-state index is 12.0. The Morgan fingerprint density at radius 3 is 2.96 bits per heavy atom. The predicted molar refractivity (Wildman–Crippen MR) is 89.7 cm³/mol. The molecule has 0 aliphatic carbocycles. The molecule has 0 bridgehead atoms. The minimum Gasteiger partial charge on any atom is -0.334 e. The number of pyridine rings is 1. The van der Waals surface area contributed by atoms with Crippen LogP contribution in [0.5, 0.6) is 0 Å². The number of aromatic nitrogens is 5. The number of carbonyl (C=O) groups is 1. The second-order valence-electron chi connectivity index (χ2n) is 4.95. The summed E-state index contributed by atoms with van der Waals surface area (Å²) >= 11 is 1.61. The molecule has 0 atom stereocenters. The van der Waals surface area contributed by atoms with Crippen molar-refractivity contribution in [1.29, 1.82) is 0 Å². The average Bonchev–Trinajstić information content (AvgIpc) is 3.30. The van der Waals surface area contributed by atoms with E-state index in [9.17, 15) is 4.79 Å². The monoisotopic (exact) mass is 343 g/mol. The van der Waals surface area contributed by atoms with Crippen LogP contribution in [0.2, 0.25) is 0 Å². The van der Waals surface area contributed by atoms with Crippen molar-refractivity contribution in [2.24, 2.45) is 0 Å². The van der Waals surface area contributed by atoms with Crippen LogP contribution in [0.1, 0.15) is 23.2 Å². The number of rotatable bonds is 6. The number of urea groups is 1. The van der Waals surface area contributed by atoms with Crippen molar-refractivity contribution < 1.29 is 4.79 Å². The van der Waals surface area contributed by atoms with Crippen LogP contribution < -0.4 is 10.6 Å². The summed E-state index contributed by atoms with van der Waals surface area (Å²) in [4.78, 5) is 24.6. The number of thiazole rings is 1. The highest BCUT2D eigenvalue weighted by Crippen LogP contribution is 2.10. The molecule has 0 radical (unpaired) electrons. The van der Waals surface area contributed by atoms with Crippen molar-refractivity contribution >= 4 is 17.4 Å². The third-order valence-corrected chi connectivity index (χ3v) is 4.32. The van der Waals surface area contributed by atoms with E-state index in [1.165, 1.54) is 6.33 Å². The summed E-state index contributed by atoms with van der Waals surface area (Å²) in [6.07, 6.45) is 5.59. The van der Waals surface area contributed by atoms with Gasteiger partial charge in [-0.3, -0.25) is 0 Å². The molecule has 124 valence electrons. The molecule has 3 rings (SSSR count). The van der Waals surface area contributed by atoms with Gasteiger partial charge in [-0.05, 0) is 12.5 Å². The summed E-state index contributed by atoms with van der Waals surface area (Å²) < 4.78 is 1.57. The van der Waals surface area contributed by atoms with Crippen LogP contribution in [0, 0.1) is 0 Å². The fourth-order valence-electron chi connectivity index (χ4n) is 2.09. The lowest BCUT2D eigenvalue weighted by molar-refractivity contribution is 0.240. The third-order valence-electron chi connectivity index (χ3n) is 3.27. The van der Waals surface area contributed by atoms with E-state index >= 15 is 0 Å². The van der Waals surface area contributed by atoms with E-state index in [0.717, 1.165) is 22.7 Å². The van der Waals surface area contributed by atoms with Gasteiger partial charge >= 0.3 is 6.03 Å². The molecule has 24 heavy (non-hydrogen) atoms. The lowest BCUT2D eigenvalue weighted by Crippen LogP contribution is -2.35. The van der Waals surface area contributed by atoms with E-state index in [0.29, 0.717) is 18.9 Å². The first-order valence-corrected chi connectivity index (χ1v) is 8.38. The van der Waals surface area contributed by atoms with Crippen LogP contribution in [0.15, 0.2) is 36.4 Å². The zero-order valence-electron chi connectivity index (χ0n) is 13.1. The van der Waals surface area contributed by atoms with Crippen LogP contribution in [0.25, 0.3) is 5.82 Å². The van der Waals surface area contributed by atoms with Crippen molar-refractivity contribution in [3.05, 3.63) is 52.6 Å². The molecular formula is C15H17N7OS. The molecule has 0 saturated heterocycles. The fourth-order valence-corrected chi connectivity index (χ4v) is 2.84. The Morgan fingerprint density at radius 2 is 2.21 bits per heavy atom. The van der Waals surface area contributed by atoms with Gasteiger partial charge in [0.15, 0.2) is 5.82 Å². The van der Waals surface area contributed by atoms with Crippen LogP contribution in [0.4, 0.5) is 4.79 Å². The highest BCUT2D eigenvalue weighted by molar-refractivity contribution is 7.09. The Labute approximate surface area is 143 Å². The molecule has 2 amide bonds. The summed E-state index contributed by atoms with van der Waals surface area (Å²) in [5, 5.41) is 12.7. The van der Waals surface area contributed by atoms with Gasteiger partial charge in [0, 0.05) is 23.7 Å². The Morgan fingerprint density at radius 1 is 1.33 bits per heavy atom. The number of nitrogens with one attached hydrogen (secondary N) is 2.